The summed E-state index contributed by atoms with van der Waals surface area (Å²) in [7, 11) is 0. The second kappa shape index (κ2) is 7.16. The van der Waals surface area contributed by atoms with Crippen molar-refractivity contribution < 1.29 is 4.74 Å². The van der Waals surface area contributed by atoms with Crippen LogP contribution in [-0.2, 0) is 11.2 Å². The number of nitrogens with one attached hydrogen (secondary N) is 1. The van der Waals surface area contributed by atoms with E-state index >= 15 is 0 Å². The molecule has 1 unspecified atom stereocenters. The maximum absolute atomic E-state index is 5.73. The quantitative estimate of drug-likeness (QED) is 0.807. The monoisotopic (exact) mass is 269 g/mol. The van der Waals surface area contributed by atoms with E-state index in [4.69, 9.17) is 4.74 Å². The van der Waals surface area contributed by atoms with E-state index in [0.717, 1.165) is 42.4 Å². The molecule has 0 saturated carbocycles. The molecule has 18 heavy (non-hydrogen) atoms. The minimum absolute atomic E-state index is 0.207. The lowest BCUT2D eigenvalue weighted by molar-refractivity contribution is 0.0144. The van der Waals surface area contributed by atoms with Crippen molar-refractivity contribution in [1.29, 1.82) is 0 Å². The molecule has 1 aromatic heterocycles. The zero-order valence-corrected chi connectivity index (χ0v) is 12.1. The van der Waals surface area contributed by atoms with Crippen LogP contribution in [0.2, 0.25) is 0 Å². The van der Waals surface area contributed by atoms with Crippen molar-refractivity contribution in [3.63, 3.8) is 0 Å². The van der Waals surface area contributed by atoms with Crippen molar-refractivity contribution in [2.24, 2.45) is 0 Å². The zero-order chi connectivity index (χ0) is 12.8. The van der Waals surface area contributed by atoms with Gasteiger partial charge in [-0.3, -0.25) is 0 Å². The molecule has 1 aliphatic rings. The average Bonchev–Trinajstić information content (AvgIpc) is 2.84. The van der Waals surface area contributed by atoms with Crippen LogP contribution in [0.1, 0.15) is 55.6 Å². The number of aryl methyl sites for hydroxylation is 1. The fraction of sp³-hybridized carbons (Fsp3) is 0.846. The summed E-state index contributed by atoms with van der Waals surface area (Å²) >= 11 is 1.72. The Balaban J connectivity index is 1.75. The fourth-order valence-electron chi connectivity index (χ4n) is 2.06. The summed E-state index contributed by atoms with van der Waals surface area (Å²) in [5.41, 5.74) is 0. The molecule has 102 valence electrons. The number of aromatic nitrogens is 2. The van der Waals surface area contributed by atoms with E-state index in [1.807, 2.05) is 0 Å². The Hall–Kier alpha value is -0.520. The lowest BCUT2D eigenvalue weighted by atomic mass is 10.1. The Bertz CT molecular complexity index is 348. The van der Waals surface area contributed by atoms with Crippen LogP contribution in [0, 0.1) is 0 Å². The third-order valence-corrected chi connectivity index (χ3v) is 4.13. The van der Waals surface area contributed by atoms with Crippen molar-refractivity contribution in [2.75, 3.05) is 13.2 Å². The van der Waals surface area contributed by atoms with Gasteiger partial charge < -0.3 is 10.1 Å². The Morgan fingerprint density at radius 2 is 2.28 bits per heavy atom. The highest BCUT2D eigenvalue weighted by Gasteiger charge is 2.20. The van der Waals surface area contributed by atoms with Gasteiger partial charge in [-0.2, -0.15) is 0 Å². The van der Waals surface area contributed by atoms with E-state index in [2.05, 4.69) is 29.4 Å². The third-order valence-electron chi connectivity index (χ3n) is 3.06. The third kappa shape index (κ3) is 4.30. The standard InChI is InChI=1S/C13H23N3OS/c1-10(2)14-8-5-7-12-15-16-13(18-12)11-6-3-4-9-17-11/h10-11,14H,3-9H2,1-2H3. The predicted octanol–water partition coefficient (Wildman–Crippen LogP) is 2.71. The van der Waals surface area contributed by atoms with Crippen LogP contribution in [0.15, 0.2) is 0 Å². The SMILES string of the molecule is CC(C)NCCCc1nnc(C2CCCCO2)s1. The number of rotatable bonds is 6. The molecule has 0 aliphatic carbocycles. The van der Waals surface area contributed by atoms with Gasteiger partial charge in [-0.05, 0) is 32.2 Å². The highest BCUT2D eigenvalue weighted by Crippen LogP contribution is 2.29. The second-order valence-corrected chi connectivity index (χ2v) is 6.20. The summed E-state index contributed by atoms with van der Waals surface area (Å²) < 4.78 is 5.73. The summed E-state index contributed by atoms with van der Waals surface area (Å²) in [6.45, 7) is 6.26. The van der Waals surface area contributed by atoms with Gasteiger partial charge in [0, 0.05) is 19.1 Å². The van der Waals surface area contributed by atoms with Gasteiger partial charge in [-0.25, -0.2) is 0 Å². The van der Waals surface area contributed by atoms with Gasteiger partial charge in [-0.1, -0.05) is 25.2 Å². The van der Waals surface area contributed by atoms with E-state index in [1.165, 1.54) is 12.8 Å². The molecule has 1 fully saturated rings. The maximum Gasteiger partial charge on any atom is 0.146 e. The van der Waals surface area contributed by atoms with Crippen LogP contribution in [0.4, 0.5) is 0 Å². The number of hydrogen-bond donors (Lipinski definition) is 1. The summed E-state index contributed by atoms with van der Waals surface area (Å²) in [6.07, 6.45) is 5.88. The van der Waals surface area contributed by atoms with Crippen molar-refractivity contribution >= 4 is 11.3 Å². The van der Waals surface area contributed by atoms with E-state index in [-0.39, 0.29) is 6.10 Å². The molecular weight excluding hydrogens is 246 g/mol. The molecule has 2 rings (SSSR count). The summed E-state index contributed by atoms with van der Waals surface area (Å²) in [4.78, 5) is 0. The minimum atomic E-state index is 0.207. The number of nitrogens with zero attached hydrogens (tertiary/aromatic N) is 2. The fourth-order valence-corrected chi connectivity index (χ4v) is 3.03. The van der Waals surface area contributed by atoms with Crippen molar-refractivity contribution in [1.82, 2.24) is 15.5 Å². The Kier molecular flexibility index (Phi) is 5.53. The molecule has 0 aromatic carbocycles. The first kappa shape index (κ1) is 13.9. The second-order valence-electron chi connectivity index (χ2n) is 5.10. The first-order valence-electron chi connectivity index (χ1n) is 6.93. The van der Waals surface area contributed by atoms with Crippen LogP contribution in [0.5, 0.6) is 0 Å². The van der Waals surface area contributed by atoms with Gasteiger partial charge in [-0.15, -0.1) is 10.2 Å². The number of hydrogen-bond acceptors (Lipinski definition) is 5. The molecule has 2 heterocycles. The lowest BCUT2D eigenvalue weighted by Crippen LogP contribution is -2.23. The van der Waals surface area contributed by atoms with Crippen LogP contribution in [0.25, 0.3) is 0 Å². The van der Waals surface area contributed by atoms with Gasteiger partial charge in [0.05, 0.1) is 0 Å². The Labute approximate surface area is 113 Å². The molecule has 0 bridgehead atoms. The van der Waals surface area contributed by atoms with Gasteiger partial charge in [0.1, 0.15) is 16.1 Å². The van der Waals surface area contributed by atoms with E-state index in [9.17, 15) is 0 Å². The summed E-state index contributed by atoms with van der Waals surface area (Å²) in [6, 6.07) is 0.561. The molecule has 1 saturated heterocycles. The normalized spacial score (nSPS) is 20.5. The molecule has 1 aliphatic heterocycles. The molecule has 1 N–H and O–H groups in total. The van der Waals surface area contributed by atoms with E-state index < -0.39 is 0 Å². The van der Waals surface area contributed by atoms with Gasteiger partial charge in [0.2, 0.25) is 0 Å². The van der Waals surface area contributed by atoms with Crippen molar-refractivity contribution in [3.05, 3.63) is 10.0 Å². The van der Waals surface area contributed by atoms with Crippen molar-refractivity contribution in [3.8, 4) is 0 Å². The van der Waals surface area contributed by atoms with Gasteiger partial charge >= 0.3 is 0 Å². The largest absolute Gasteiger partial charge is 0.371 e. The highest BCUT2D eigenvalue weighted by molar-refractivity contribution is 7.11. The molecule has 0 amide bonds. The first-order valence-corrected chi connectivity index (χ1v) is 7.74. The van der Waals surface area contributed by atoms with E-state index in [1.54, 1.807) is 11.3 Å². The zero-order valence-electron chi connectivity index (χ0n) is 11.3. The topological polar surface area (TPSA) is 47.0 Å². The molecule has 1 atom stereocenters. The number of ether oxygens (including phenoxy) is 1. The van der Waals surface area contributed by atoms with Crippen LogP contribution in [-0.4, -0.2) is 29.4 Å². The maximum atomic E-state index is 5.73. The molecule has 0 spiro atoms. The predicted molar refractivity (Wildman–Crippen MR) is 73.9 cm³/mol. The van der Waals surface area contributed by atoms with Crippen molar-refractivity contribution in [2.45, 2.75) is 58.1 Å². The lowest BCUT2D eigenvalue weighted by Gasteiger charge is -2.19. The minimum Gasteiger partial charge on any atom is -0.371 e. The molecular formula is C13H23N3OS. The molecule has 4 nitrogen and oxygen atoms in total. The smallest absolute Gasteiger partial charge is 0.146 e. The Morgan fingerprint density at radius 3 is 3.00 bits per heavy atom. The molecule has 1 aromatic rings. The summed E-state index contributed by atoms with van der Waals surface area (Å²) in [5, 5.41) is 14.2. The van der Waals surface area contributed by atoms with Crippen LogP contribution >= 0.6 is 11.3 Å². The van der Waals surface area contributed by atoms with E-state index in [0.29, 0.717) is 6.04 Å². The molecule has 5 heteroatoms. The Morgan fingerprint density at radius 1 is 1.39 bits per heavy atom. The van der Waals surface area contributed by atoms with Gasteiger partial charge in [0.25, 0.3) is 0 Å². The van der Waals surface area contributed by atoms with Crippen LogP contribution in [0.3, 0.4) is 0 Å². The first-order chi connectivity index (χ1) is 8.75. The average molecular weight is 269 g/mol. The summed E-state index contributed by atoms with van der Waals surface area (Å²) in [5.74, 6) is 0. The van der Waals surface area contributed by atoms with Crippen LogP contribution < -0.4 is 5.32 Å². The van der Waals surface area contributed by atoms with Gasteiger partial charge in [0.15, 0.2) is 0 Å². The molecule has 0 radical (unpaired) electrons. The highest BCUT2D eigenvalue weighted by atomic mass is 32.1.